The van der Waals surface area contributed by atoms with Crippen LogP contribution in [0.15, 0.2) is 30.3 Å². The third kappa shape index (κ3) is 4.00. The third-order valence-corrected chi connectivity index (χ3v) is 5.22. The van der Waals surface area contributed by atoms with Crippen LogP contribution >= 0.6 is 0 Å². The van der Waals surface area contributed by atoms with Gasteiger partial charge in [-0.2, -0.15) is 0 Å². The van der Waals surface area contributed by atoms with E-state index in [1.54, 1.807) is 24.3 Å². The Morgan fingerprint density at radius 3 is 2.36 bits per heavy atom. The summed E-state index contributed by atoms with van der Waals surface area (Å²) in [6.45, 7) is 1.83. The molecule has 22 heavy (non-hydrogen) atoms. The summed E-state index contributed by atoms with van der Waals surface area (Å²) in [6, 6.07) is 8.27. The highest BCUT2D eigenvalue weighted by Gasteiger charge is 2.32. The zero-order valence-corrected chi connectivity index (χ0v) is 14.0. The van der Waals surface area contributed by atoms with Crippen molar-refractivity contribution in [3.05, 3.63) is 30.3 Å². The topological polar surface area (TPSA) is 66.5 Å². The quantitative estimate of drug-likeness (QED) is 0.873. The van der Waals surface area contributed by atoms with Gasteiger partial charge in [-0.15, -0.1) is 0 Å². The highest BCUT2D eigenvalue weighted by Crippen LogP contribution is 2.23. The van der Waals surface area contributed by atoms with Crippen molar-refractivity contribution in [2.45, 2.75) is 51.1 Å². The number of sulfonamides is 1. The number of anilines is 1. The summed E-state index contributed by atoms with van der Waals surface area (Å²) in [5.41, 5.74) is 0.526. The lowest BCUT2D eigenvalue weighted by Crippen LogP contribution is -2.51. The fourth-order valence-corrected chi connectivity index (χ4v) is 4.21. The lowest BCUT2D eigenvalue weighted by Gasteiger charge is -2.31. The van der Waals surface area contributed by atoms with Crippen molar-refractivity contribution >= 4 is 21.6 Å². The Labute approximate surface area is 132 Å². The third-order valence-electron chi connectivity index (χ3n) is 4.04. The highest BCUT2D eigenvalue weighted by atomic mass is 32.2. The van der Waals surface area contributed by atoms with Gasteiger partial charge in [0.1, 0.15) is 6.04 Å². The van der Waals surface area contributed by atoms with E-state index in [4.69, 9.17) is 0 Å². The van der Waals surface area contributed by atoms with Gasteiger partial charge in [0.2, 0.25) is 15.9 Å². The molecular weight excluding hydrogens is 300 g/mol. The molecule has 0 heterocycles. The smallest absolute Gasteiger partial charge is 0.244 e. The molecule has 0 bridgehead atoms. The first kappa shape index (κ1) is 16.8. The molecular formula is C16H24N2O3S. The molecule has 6 heteroatoms. The minimum atomic E-state index is -3.54. The Kier molecular flexibility index (Phi) is 5.45. The van der Waals surface area contributed by atoms with Crippen molar-refractivity contribution in [3.63, 3.8) is 0 Å². The maximum absolute atomic E-state index is 12.6. The van der Waals surface area contributed by atoms with Crippen LogP contribution in [0.1, 0.15) is 39.0 Å². The van der Waals surface area contributed by atoms with Gasteiger partial charge in [-0.3, -0.25) is 9.10 Å². The molecule has 1 atom stereocenters. The lowest BCUT2D eigenvalue weighted by molar-refractivity contribution is -0.122. The van der Waals surface area contributed by atoms with Crippen molar-refractivity contribution in [3.8, 4) is 0 Å². The molecule has 1 aliphatic carbocycles. The fraction of sp³-hybridized carbons (Fsp3) is 0.562. The molecule has 1 amide bonds. The van der Waals surface area contributed by atoms with Crippen LogP contribution in [0, 0.1) is 0 Å². The fourth-order valence-electron chi connectivity index (χ4n) is 3.00. The predicted octanol–water partition coefficient (Wildman–Crippen LogP) is 2.29. The van der Waals surface area contributed by atoms with Crippen LogP contribution in [0.25, 0.3) is 0 Å². The van der Waals surface area contributed by atoms with Crippen LogP contribution in [0.3, 0.4) is 0 Å². The van der Waals surface area contributed by atoms with Gasteiger partial charge in [-0.05, 0) is 31.4 Å². The molecule has 0 aromatic heterocycles. The first-order valence-electron chi connectivity index (χ1n) is 7.78. The molecule has 0 spiro atoms. The van der Waals surface area contributed by atoms with Crippen LogP contribution < -0.4 is 9.62 Å². The SMILES string of the molecule is CC[C@@H](C(=O)NC1CCCC1)N(c1ccccc1)S(C)(=O)=O. The van der Waals surface area contributed by atoms with Crippen molar-refractivity contribution in [2.24, 2.45) is 0 Å². The van der Waals surface area contributed by atoms with E-state index in [-0.39, 0.29) is 11.9 Å². The van der Waals surface area contributed by atoms with Gasteiger partial charge >= 0.3 is 0 Å². The predicted molar refractivity (Wildman–Crippen MR) is 88.2 cm³/mol. The van der Waals surface area contributed by atoms with Crippen molar-refractivity contribution < 1.29 is 13.2 Å². The zero-order chi connectivity index (χ0) is 16.2. The summed E-state index contributed by atoms with van der Waals surface area (Å²) < 4.78 is 25.7. The van der Waals surface area contributed by atoms with Gasteiger partial charge in [0.25, 0.3) is 0 Å². The molecule has 0 aliphatic heterocycles. The molecule has 0 saturated heterocycles. The van der Waals surface area contributed by atoms with E-state index in [0.717, 1.165) is 31.9 Å². The van der Waals surface area contributed by atoms with Gasteiger partial charge < -0.3 is 5.32 Å². The number of benzene rings is 1. The molecule has 5 nitrogen and oxygen atoms in total. The molecule has 2 rings (SSSR count). The van der Waals surface area contributed by atoms with Crippen LogP contribution in [-0.2, 0) is 14.8 Å². The van der Waals surface area contributed by atoms with Crippen molar-refractivity contribution in [1.82, 2.24) is 5.32 Å². The average Bonchev–Trinajstić information content (AvgIpc) is 2.96. The van der Waals surface area contributed by atoms with Gasteiger partial charge in [0.15, 0.2) is 0 Å². The van der Waals surface area contributed by atoms with Crippen LogP contribution in [0.4, 0.5) is 5.69 Å². The molecule has 122 valence electrons. The van der Waals surface area contributed by atoms with Crippen molar-refractivity contribution in [2.75, 3.05) is 10.6 Å². The molecule has 1 N–H and O–H groups in total. The molecule has 1 aromatic rings. The van der Waals surface area contributed by atoms with Gasteiger partial charge in [0, 0.05) is 6.04 Å². The number of nitrogens with one attached hydrogen (secondary N) is 1. The standard InChI is InChI=1S/C16H24N2O3S/c1-3-15(16(19)17-13-9-7-8-10-13)18(22(2,20)21)14-11-5-4-6-12-14/h4-6,11-13,15H,3,7-10H2,1-2H3,(H,17,19)/t15-/m0/s1. The number of carbonyl (C=O) groups excluding carboxylic acids is 1. The van der Waals surface area contributed by atoms with Crippen LogP contribution in [-0.4, -0.2) is 32.7 Å². The largest absolute Gasteiger partial charge is 0.352 e. The molecule has 1 fully saturated rings. The Morgan fingerprint density at radius 1 is 1.27 bits per heavy atom. The summed E-state index contributed by atoms with van der Waals surface area (Å²) in [6.07, 6.45) is 5.78. The van der Waals surface area contributed by atoms with E-state index in [9.17, 15) is 13.2 Å². The Morgan fingerprint density at radius 2 is 1.86 bits per heavy atom. The second-order valence-corrected chi connectivity index (χ2v) is 7.67. The van der Waals surface area contributed by atoms with Gasteiger partial charge in [-0.1, -0.05) is 38.0 Å². The zero-order valence-electron chi connectivity index (χ0n) is 13.2. The number of hydrogen-bond acceptors (Lipinski definition) is 3. The highest BCUT2D eigenvalue weighted by molar-refractivity contribution is 7.92. The Balaban J connectivity index is 2.25. The lowest BCUT2D eigenvalue weighted by atomic mass is 10.1. The van der Waals surface area contributed by atoms with E-state index < -0.39 is 16.1 Å². The second kappa shape index (κ2) is 7.13. The number of para-hydroxylation sites is 1. The number of rotatable bonds is 6. The van der Waals surface area contributed by atoms with Crippen molar-refractivity contribution in [1.29, 1.82) is 0 Å². The molecule has 1 saturated carbocycles. The number of amides is 1. The van der Waals surface area contributed by atoms with E-state index in [2.05, 4.69) is 5.32 Å². The minimum absolute atomic E-state index is 0.179. The van der Waals surface area contributed by atoms with Gasteiger partial charge in [0.05, 0.1) is 11.9 Å². The summed E-state index contributed by atoms with van der Waals surface area (Å²) in [5.74, 6) is -0.205. The summed E-state index contributed by atoms with van der Waals surface area (Å²) in [5, 5.41) is 3.01. The van der Waals surface area contributed by atoms with E-state index in [1.807, 2.05) is 13.0 Å². The average molecular weight is 324 g/mol. The van der Waals surface area contributed by atoms with E-state index in [0.29, 0.717) is 12.1 Å². The maximum Gasteiger partial charge on any atom is 0.244 e. The maximum atomic E-state index is 12.6. The normalized spacial score (nSPS) is 17.2. The number of hydrogen-bond donors (Lipinski definition) is 1. The van der Waals surface area contributed by atoms with Gasteiger partial charge in [-0.25, -0.2) is 8.42 Å². The number of nitrogens with zero attached hydrogens (tertiary/aromatic N) is 1. The first-order chi connectivity index (χ1) is 10.4. The Bertz CT molecular complexity index is 595. The molecule has 0 unspecified atom stereocenters. The molecule has 1 aromatic carbocycles. The summed E-state index contributed by atoms with van der Waals surface area (Å²) >= 11 is 0. The Hall–Kier alpha value is -1.56. The van der Waals surface area contributed by atoms with Crippen LogP contribution in [0.5, 0.6) is 0 Å². The first-order valence-corrected chi connectivity index (χ1v) is 9.63. The number of carbonyl (C=O) groups is 1. The monoisotopic (exact) mass is 324 g/mol. The summed E-state index contributed by atoms with van der Waals surface area (Å²) in [7, 11) is -3.54. The summed E-state index contributed by atoms with van der Waals surface area (Å²) in [4.78, 5) is 12.6. The molecule has 1 aliphatic rings. The van der Waals surface area contributed by atoms with E-state index >= 15 is 0 Å². The van der Waals surface area contributed by atoms with E-state index in [1.165, 1.54) is 4.31 Å². The van der Waals surface area contributed by atoms with Crippen LogP contribution in [0.2, 0.25) is 0 Å². The second-order valence-electron chi connectivity index (χ2n) is 5.81. The molecule has 0 radical (unpaired) electrons. The minimum Gasteiger partial charge on any atom is -0.352 e.